The van der Waals surface area contributed by atoms with Gasteiger partial charge in [0, 0.05) is 18.6 Å². The first-order chi connectivity index (χ1) is 8.31. The fourth-order valence-electron chi connectivity index (χ4n) is 2.92. The lowest BCUT2D eigenvalue weighted by atomic mass is 9.96. The monoisotopic (exact) mass is 227 g/mol. The van der Waals surface area contributed by atoms with Crippen LogP contribution in [0.2, 0.25) is 0 Å². The zero-order chi connectivity index (χ0) is 11.8. The minimum atomic E-state index is 0.171. The maximum atomic E-state index is 9.20. The molecular weight excluding hydrogens is 210 g/mol. The van der Waals surface area contributed by atoms with E-state index < -0.39 is 0 Å². The third-order valence-corrected chi connectivity index (χ3v) is 3.90. The van der Waals surface area contributed by atoms with E-state index in [1.165, 1.54) is 12.8 Å². The van der Waals surface area contributed by atoms with E-state index in [1.54, 1.807) is 0 Å². The van der Waals surface area contributed by atoms with E-state index in [2.05, 4.69) is 17.0 Å². The molecule has 2 atom stereocenters. The topological polar surface area (TPSA) is 53.1 Å². The Morgan fingerprint density at radius 1 is 1.24 bits per heavy atom. The molecule has 3 heteroatoms. The van der Waals surface area contributed by atoms with E-state index in [0.29, 0.717) is 6.04 Å². The predicted molar refractivity (Wildman–Crippen MR) is 66.2 cm³/mol. The predicted octanol–water partition coefficient (Wildman–Crippen LogP) is 1.79. The minimum absolute atomic E-state index is 0.171. The van der Waals surface area contributed by atoms with Gasteiger partial charge in [-0.05, 0) is 30.9 Å². The maximum Gasteiger partial charge on any atom is 0.0995 e. The van der Waals surface area contributed by atoms with Crippen molar-refractivity contribution in [1.29, 1.82) is 5.26 Å². The number of rotatable bonds is 2. The number of hydrogen-bond donors (Lipinski definition) is 1. The Morgan fingerprint density at radius 3 is 2.71 bits per heavy atom. The van der Waals surface area contributed by atoms with Gasteiger partial charge in [-0.2, -0.15) is 5.26 Å². The van der Waals surface area contributed by atoms with E-state index >= 15 is 0 Å². The molecule has 1 aromatic rings. The summed E-state index contributed by atoms with van der Waals surface area (Å²) in [5.41, 5.74) is 8.14. The van der Waals surface area contributed by atoms with E-state index in [4.69, 9.17) is 5.73 Å². The first-order valence-electron chi connectivity index (χ1n) is 6.31. The van der Waals surface area contributed by atoms with Gasteiger partial charge in [0.1, 0.15) is 0 Å². The Labute approximate surface area is 102 Å². The summed E-state index contributed by atoms with van der Waals surface area (Å²) >= 11 is 0. The Kier molecular flexibility index (Phi) is 2.62. The Hall–Kier alpha value is -1.37. The van der Waals surface area contributed by atoms with Gasteiger partial charge in [0.05, 0.1) is 17.7 Å². The first-order valence-corrected chi connectivity index (χ1v) is 6.31. The molecule has 1 aromatic carbocycles. The normalized spacial score (nSPS) is 29.2. The van der Waals surface area contributed by atoms with Gasteiger partial charge in [-0.25, -0.2) is 0 Å². The number of nitrogens with zero attached hydrogens (tertiary/aromatic N) is 2. The molecule has 3 rings (SSSR count). The molecular formula is C14H17N3. The lowest BCUT2D eigenvalue weighted by molar-refractivity contribution is 0.237. The molecule has 0 radical (unpaired) electrons. The van der Waals surface area contributed by atoms with Crippen molar-refractivity contribution in [3.63, 3.8) is 0 Å². The van der Waals surface area contributed by atoms with Crippen LogP contribution in [0, 0.1) is 11.3 Å². The fourth-order valence-corrected chi connectivity index (χ4v) is 2.92. The van der Waals surface area contributed by atoms with Crippen LogP contribution in [-0.4, -0.2) is 23.5 Å². The van der Waals surface area contributed by atoms with Crippen molar-refractivity contribution in [2.45, 2.75) is 37.4 Å². The zero-order valence-electron chi connectivity index (χ0n) is 9.84. The SMILES string of the molecule is N#Cc1ccccc1C1C(N)CCN1C1CC1. The summed E-state index contributed by atoms with van der Waals surface area (Å²) in [4.78, 5) is 2.50. The quantitative estimate of drug-likeness (QED) is 0.838. The molecule has 2 fully saturated rings. The molecule has 1 saturated carbocycles. The molecule has 0 spiro atoms. The number of hydrogen-bond acceptors (Lipinski definition) is 3. The minimum Gasteiger partial charge on any atom is -0.326 e. The summed E-state index contributed by atoms with van der Waals surface area (Å²) in [5.74, 6) is 0. The van der Waals surface area contributed by atoms with Crippen LogP contribution >= 0.6 is 0 Å². The highest BCUT2D eigenvalue weighted by Crippen LogP contribution is 2.41. The zero-order valence-corrected chi connectivity index (χ0v) is 9.84. The van der Waals surface area contributed by atoms with Gasteiger partial charge in [0.2, 0.25) is 0 Å². The standard InChI is InChI=1S/C14H17N3/c15-9-10-3-1-2-4-12(10)14-13(16)7-8-17(14)11-5-6-11/h1-4,11,13-14H,5-8,16H2. The average Bonchev–Trinajstić information content (AvgIpc) is 3.13. The van der Waals surface area contributed by atoms with Gasteiger partial charge >= 0.3 is 0 Å². The molecule has 1 aliphatic carbocycles. The molecule has 1 heterocycles. The van der Waals surface area contributed by atoms with E-state index in [1.807, 2.05) is 18.2 Å². The van der Waals surface area contributed by atoms with Crippen molar-refractivity contribution in [3.05, 3.63) is 35.4 Å². The highest BCUT2D eigenvalue weighted by molar-refractivity contribution is 5.40. The van der Waals surface area contributed by atoms with Crippen LogP contribution < -0.4 is 5.73 Å². The van der Waals surface area contributed by atoms with Crippen molar-refractivity contribution >= 4 is 0 Å². The number of benzene rings is 1. The molecule has 2 N–H and O–H groups in total. The molecule has 0 amide bonds. The first kappa shape index (κ1) is 10.8. The second kappa shape index (κ2) is 4.14. The van der Waals surface area contributed by atoms with E-state index in [-0.39, 0.29) is 12.1 Å². The molecule has 0 aromatic heterocycles. The molecule has 3 nitrogen and oxygen atoms in total. The molecule has 2 unspecified atom stereocenters. The number of nitrogens with two attached hydrogens (primary N) is 1. The summed E-state index contributed by atoms with van der Waals surface area (Å²) in [5, 5.41) is 9.20. The highest BCUT2D eigenvalue weighted by Gasteiger charge is 2.41. The van der Waals surface area contributed by atoms with Crippen molar-refractivity contribution in [1.82, 2.24) is 4.90 Å². The van der Waals surface area contributed by atoms with Crippen LogP contribution in [0.3, 0.4) is 0 Å². The fraction of sp³-hybridized carbons (Fsp3) is 0.500. The molecule has 88 valence electrons. The van der Waals surface area contributed by atoms with Crippen molar-refractivity contribution < 1.29 is 0 Å². The summed E-state index contributed by atoms with van der Waals surface area (Å²) < 4.78 is 0. The molecule has 2 aliphatic rings. The van der Waals surface area contributed by atoms with Gasteiger partial charge < -0.3 is 5.73 Å². The Morgan fingerprint density at radius 2 is 2.00 bits per heavy atom. The molecule has 0 bridgehead atoms. The molecule has 1 aliphatic heterocycles. The van der Waals surface area contributed by atoms with Crippen LogP contribution in [0.15, 0.2) is 24.3 Å². The van der Waals surface area contributed by atoms with E-state index in [0.717, 1.165) is 24.1 Å². The van der Waals surface area contributed by atoms with Gasteiger partial charge in [0.25, 0.3) is 0 Å². The maximum absolute atomic E-state index is 9.20. The van der Waals surface area contributed by atoms with Gasteiger partial charge in [-0.15, -0.1) is 0 Å². The van der Waals surface area contributed by atoms with Crippen LogP contribution in [0.4, 0.5) is 0 Å². The third-order valence-electron chi connectivity index (χ3n) is 3.90. The van der Waals surface area contributed by atoms with E-state index in [9.17, 15) is 5.26 Å². The summed E-state index contributed by atoms with van der Waals surface area (Å²) in [7, 11) is 0. The average molecular weight is 227 g/mol. The summed E-state index contributed by atoms with van der Waals surface area (Å²) in [6, 6.07) is 11.3. The lowest BCUT2D eigenvalue weighted by Crippen LogP contribution is -2.33. The molecule has 17 heavy (non-hydrogen) atoms. The van der Waals surface area contributed by atoms with Crippen LogP contribution in [0.1, 0.15) is 36.4 Å². The lowest BCUT2D eigenvalue weighted by Gasteiger charge is -2.27. The van der Waals surface area contributed by atoms with Crippen molar-refractivity contribution in [3.8, 4) is 6.07 Å². The van der Waals surface area contributed by atoms with Crippen molar-refractivity contribution in [2.75, 3.05) is 6.54 Å². The van der Waals surface area contributed by atoms with Crippen molar-refractivity contribution in [2.24, 2.45) is 5.73 Å². The highest BCUT2D eigenvalue weighted by atomic mass is 15.2. The third kappa shape index (κ3) is 1.84. The Bertz CT molecular complexity index is 459. The van der Waals surface area contributed by atoms with Crippen LogP contribution in [-0.2, 0) is 0 Å². The van der Waals surface area contributed by atoms with Gasteiger partial charge in [-0.1, -0.05) is 18.2 Å². The summed E-state index contributed by atoms with van der Waals surface area (Å²) in [6.45, 7) is 1.08. The molecule has 1 saturated heterocycles. The van der Waals surface area contributed by atoms with Gasteiger partial charge in [0.15, 0.2) is 0 Å². The second-order valence-electron chi connectivity index (χ2n) is 5.07. The van der Waals surface area contributed by atoms with Gasteiger partial charge in [-0.3, -0.25) is 4.90 Å². The number of likely N-dealkylation sites (tertiary alicyclic amines) is 1. The number of nitriles is 1. The largest absolute Gasteiger partial charge is 0.326 e. The smallest absolute Gasteiger partial charge is 0.0995 e. The van der Waals surface area contributed by atoms with Crippen LogP contribution in [0.5, 0.6) is 0 Å². The Balaban J connectivity index is 1.98. The summed E-state index contributed by atoms with van der Waals surface area (Å²) in [6.07, 6.45) is 3.62. The second-order valence-corrected chi connectivity index (χ2v) is 5.07. The van der Waals surface area contributed by atoms with Crippen LogP contribution in [0.25, 0.3) is 0 Å².